The molecule has 2 rings (SSSR count). The van der Waals surface area contributed by atoms with E-state index in [4.69, 9.17) is 23.2 Å². The van der Waals surface area contributed by atoms with Crippen molar-refractivity contribution >= 4 is 29.1 Å². The highest BCUT2D eigenvalue weighted by atomic mass is 35.5. The van der Waals surface area contributed by atoms with Crippen LogP contribution < -0.4 is 5.32 Å². The number of amides is 1. The molecule has 0 saturated heterocycles. The van der Waals surface area contributed by atoms with Crippen LogP contribution in [-0.4, -0.2) is 11.0 Å². The molecule has 0 bridgehead atoms. The van der Waals surface area contributed by atoms with E-state index in [2.05, 4.69) is 12.2 Å². The SMILES string of the molecule is CCC(NC(C)=O)c1ccc(CCl)cc1.CCC(O)c1ccc(CCl)cc1. The molecule has 0 spiro atoms. The zero-order chi connectivity index (χ0) is 20.2. The number of rotatable bonds is 7. The second-order valence-electron chi connectivity index (χ2n) is 6.34. The number of halogens is 2. The van der Waals surface area contributed by atoms with Crippen molar-refractivity contribution < 1.29 is 9.90 Å². The van der Waals surface area contributed by atoms with Gasteiger partial charge < -0.3 is 10.4 Å². The van der Waals surface area contributed by atoms with Crippen LogP contribution in [0.1, 0.15) is 68.0 Å². The van der Waals surface area contributed by atoms with Crippen molar-refractivity contribution in [1.82, 2.24) is 5.32 Å². The molecule has 0 heterocycles. The molecule has 0 aliphatic rings. The van der Waals surface area contributed by atoms with Gasteiger partial charge in [-0.15, -0.1) is 23.2 Å². The molecule has 2 atom stereocenters. The summed E-state index contributed by atoms with van der Waals surface area (Å²) in [6.07, 6.45) is 1.30. The minimum Gasteiger partial charge on any atom is -0.388 e. The molecule has 0 saturated carbocycles. The maximum atomic E-state index is 11.0. The summed E-state index contributed by atoms with van der Waals surface area (Å²) < 4.78 is 0. The van der Waals surface area contributed by atoms with Crippen molar-refractivity contribution in [2.75, 3.05) is 0 Å². The lowest BCUT2D eigenvalue weighted by molar-refractivity contribution is -0.119. The van der Waals surface area contributed by atoms with Gasteiger partial charge in [-0.05, 0) is 35.1 Å². The topological polar surface area (TPSA) is 49.3 Å². The maximum absolute atomic E-state index is 11.0. The molecule has 2 unspecified atom stereocenters. The lowest BCUT2D eigenvalue weighted by Gasteiger charge is -2.16. The first-order valence-electron chi connectivity index (χ1n) is 9.19. The predicted octanol–water partition coefficient (Wildman–Crippen LogP) is 5.88. The number of alkyl halides is 2. The van der Waals surface area contributed by atoms with Crippen molar-refractivity contribution in [2.24, 2.45) is 0 Å². The van der Waals surface area contributed by atoms with Gasteiger partial charge >= 0.3 is 0 Å². The van der Waals surface area contributed by atoms with E-state index in [1.807, 2.05) is 55.5 Å². The van der Waals surface area contributed by atoms with Gasteiger partial charge in [0.1, 0.15) is 0 Å². The van der Waals surface area contributed by atoms with Crippen molar-refractivity contribution in [3.8, 4) is 0 Å². The van der Waals surface area contributed by atoms with Crippen LogP contribution in [-0.2, 0) is 16.6 Å². The van der Waals surface area contributed by atoms with E-state index in [9.17, 15) is 9.90 Å². The first-order valence-corrected chi connectivity index (χ1v) is 10.3. The van der Waals surface area contributed by atoms with Crippen LogP contribution in [0.25, 0.3) is 0 Å². The van der Waals surface area contributed by atoms with Gasteiger partial charge in [0.2, 0.25) is 5.91 Å². The van der Waals surface area contributed by atoms with E-state index in [1.165, 1.54) is 6.92 Å². The van der Waals surface area contributed by atoms with Crippen LogP contribution in [0.5, 0.6) is 0 Å². The van der Waals surface area contributed by atoms with Crippen molar-refractivity contribution in [2.45, 2.75) is 57.5 Å². The Kier molecular flexibility index (Phi) is 11.1. The van der Waals surface area contributed by atoms with Crippen LogP contribution in [0.2, 0.25) is 0 Å². The van der Waals surface area contributed by atoms with Gasteiger partial charge in [0.05, 0.1) is 12.1 Å². The van der Waals surface area contributed by atoms with Crippen LogP contribution in [0.15, 0.2) is 48.5 Å². The number of carbonyl (C=O) groups excluding carboxylic acids is 1. The Morgan fingerprint density at radius 3 is 1.67 bits per heavy atom. The molecule has 0 aliphatic heterocycles. The van der Waals surface area contributed by atoms with Crippen LogP contribution in [0, 0.1) is 0 Å². The van der Waals surface area contributed by atoms with Crippen LogP contribution in [0.3, 0.4) is 0 Å². The minimum atomic E-state index is -0.339. The zero-order valence-electron chi connectivity index (χ0n) is 16.2. The van der Waals surface area contributed by atoms with Gasteiger partial charge in [0.15, 0.2) is 0 Å². The summed E-state index contributed by atoms with van der Waals surface area (Å²) in [5.74, 6) is 1.06. The normalized spacial score (nSPS) is 12.5. The Balaban J connectivity index is 0.000000277. The largest absolute Gasteiger partial charge is 0.388 e. The first kappa shape index (κ1) is 23.5. The molecule has 3 nitrogen and oxygen atoms in total. The van der Waals surface area contributed by atoms with Gasteiger partial charge in [0.25, 0.3) is 0 Å². The standard InChI is InChI=1S/C12H16ClNO.C10H13ClO/c1-3-12(14-9(2)15)11-6-4-10(8-13)5-7-11;1-2-10(12)9-5-3-8(7-11)4-6-9/h4-7,12H,3,8H2,1-2H3,(H,14,15);3-6,10,12H,2,7H2,1H3. The van der Waals surface area contributed by atoms with Crippen LogP contribution >= 0.6 is 23.2 Å². The Bertz CT molecular complexity index is 672. The summed E-state index contributed by atoms with van der Waals surface area (Å²) in [6.45, 7) is 5.55. The number of benzene rings is 2. The number of carbonyl (C=O) groups is 1. The fraction of sp³-hybridized carbons (Fsp3) is 0.409. The van der Waals surface area contributed by atoms with E-state index in [1.54, 1.807) is 0 Å². The van der Waals surface area contributed by atoms with E-state index in [0.29, 0.717) is 11.8 Å². The average Bonchev–Trinajstić information content (AvgIpc) is 2.72. The second kappa shape index (κ2) is 12.8. The van der Waals surface area contributed by atoms with E-state index in [0.717, 1.165) is 35.1 Å². The lowest BCUT2D eigenvalue weighted by atomic mass is 10.0. The van der Waals surface area contributed by atoms with E-state index >= 15 is 0 Å². The number of aliphatic hydroxyl groups is 1. The molecule has 2 aromatic carbocycles. The average molecular weight is 410 g/mol. The number of aliphatic hydroxyl groups excluding tert-OH is 1. The molecule has 2 aromatic rings. The monoisotopic (exact) mass is 409 g/mol. The Morgan fingerprint density at radius 2 is 1.33 bits per heavy atom. The molecule has 0 aliphatic carbocycles. The summed E-state index contributed by atoms with van der Waals surface area (Å²) in [6, 6.07) is 15.9. The Hall–Kier alpha value is -1.55. The van der Waals surface area contributed by atoms with Gasteiger partial charge in [-0.2, -0.15) is 0 Å². The molecule has 0 fully saturated rings. The zero-order valence-corrected chi connectivity index (χ0v) is 17.7. The van der Waals surface area contributed by atoms with Crippen molar-refractivity contribution in [3.63, 3.8) is 0 Å². The molecule has 2 N–H and O–H groups in total. The first-order chi connectivity index (χ1) is 12.9. The summed E-state index contributed by atoms with van der Waals surface area (Å²) in [5.41, 5.74) is 4.27. The summed E-state index contributed by atoms with van der Waals surface area (Å²) in [4.78, 5) is 11.0. The summed E-state index contributed by atoms with van der Waals surface area (Å²) in [7, 11) is 0. The molecule has 0 aromatic heterocycles. The highest BCUT2D eigenvalue weighted by Crippen LogP contribution is 2.18. The van der Waals surface area contributed by atoms with E-state index in [-0.39, 0.29) is 18.1 Å². The molecular formula is C22H29Cl2NO2. The van der Waals surface area contributed by atoms with Gasteiger partial charge in [-0.1, -0.05) is 62.4 Å². The third-order valence-corrected chi connectivity index (χ3v) is 4.84. The Labute approximate surface area is 172 Å². The van der Waals surface area contributed by atoms with Crippen LogP contribution in [0.4, 0.5) is 0 Å². The number of hydrogen-bond acceptors (Lipinski definition) is 2. The van der Waals surface area contributed by atoms with Crippen molar-refractivity contribution in [1.29, 1.82) is 0 Å². The molecule has 148 valence electrons. The molecule has 27 heavy (non-hydrogen) atoms. The molecule has 0 radical (unpaired) electrons. The van der Waals surface area contributed by atoms with Crippen molar-refractivity contribution in [3.05, 3.63) is 70.8 Å². The highest BCUT2D eigenvalue weighted by Gasteiger charge is 2.09. The predicted molar refractivity (Wildman–Crippen MR) is 114 cm³/mol. The fourth-order valence-electron chi connectivity index (χ4n) is 2.57. The molecular weight excluding hydrogens is 381 g/mol. The smallest absolute Gasteiger partial charge is 0.217 e. The highest BCUT2D eigenvalue weighted by molar-refractivity contribution is 6.17. The fourth-order valence-corrected chi connectivity index (χ4v) is 2.93. The van der Waals surface area contributed by atoms with Gasteiger partial charge in [0, 0.05) is 18.7 Å². The summed E-state index contributed by atoms with van der Waals surface area (Å²) >= 11 is 11.3. The maximum Gasteiger partial charge on any atom is 0.217 e. The molecule has 5 heteroatoms. The van der Waals surface area contributed by atoms with E-state index < -0.39 is 0 Å². The third kappa shape index (κ3) is 8.34. The third-order valence-electron chi connectivity index (χ3n) is 4.23. The lowest BCUT2D eigenvalue weighted by Crippen LogP contribution is -2.25. The summed E-state index contributed by atoms with van der Waals surface area (Å²) in [5, 5.41) is 12.4. The number of hydrogen-bond donors (Lipinski definition) is 2. The quantitative estimate of drug-likeness (QED) is 0.560. The minimum absolute atomic E-state index is 0.00303. The Morgan fingerprint density at radius 1 is 0.889 bits per heavy atom. The second-order valence-corrected chi connectivity index (χ2v) is 6.87. The van der Waals surface area contributed by atoms with Gasteiger partial charge in [-0.25, -0.2) is 0 Å². The number of nitrogens with one attached hydrogen (secondary N) is 1. The molecule has 1 amide bonds. The van der Waals surface area contributed by atoms with Gasteiger partial charge in [-0.3, -0.25) is 4.79 Å².